The van der Waals surface area contributed by atoms with E-state index in [-0.39, 0.29) is 25.6 Å². The molecule has 0 saturated heterocycles. The van der Waals surface area contributed by atoms with Crippen LogP contribution < -0.4 is 10.3 Å². The largest absolute Gasteiger partial charge is 0.445 e. The summed E-state index contributed by atoms with van der Waals surface area (Å²) in [6, 6.07) is 21.2. The molecule has 2 aromatic carbocycles. The van der Waals surface area contributed by atoms with Crippen LogP contribution in [-0.2, 0) is 28.9 Å². The first-order chi connectivity index (χ1) is 17.8. The average molecular weight is 512 g/mol. The van der Waals surface area contributed by atoms with E-state index in [0.717, 1.165) is 27.2 Å². The number of hydrogen-bond donors (Lipinski definition) is 1. The number of rotatable bonds is 6. The van der Waals surface area contributed by atoms with Crippen molar-refractivity contribution in [1.29, 1.82) is 0 Å². The van der Waals surface area contributed by atoms with Gasteiger partial charge in [-0.3, -0.25) is 5.32 Å². The molecule has 1 aromatic heterocycles. The summed E-state index contributed by atoms with van der Waals surface area (Å²) in [5, 5.41) is 4.76. The third-order valence-electron chi connectivity index (χ3n) is 5.27. The highest BCUT2D eigenvalue weighted by atomic mass is 19.4. The molecular weight excluding hydrogens is 489 g/mol. The van der Waals surface area contributed by atoms with Crippen LogP contribution in [0, 0.1) is 0 Å². The van der Waals surface area contributed by atoms with Crippen molar-refractivity contribution < 1.29 is 32.2 Å². The second-order valence-corrected chi connectivity index (χ2v) is 7.92. The monoisotopic (exact) mass is 512 g/mol. The molecule has 1 aliphatic rings. The van der Waals surface area contributed by atoms with E-state index in [1.54, 1.807) is 54.6 Å². The van der Waals surface area contributed by atoms with Crippen LogP contribution >= 0.6 is 0 Å². The number of hydrogen-bond acceptors (Lipinski definition) is 6. The number of alkyl halides is 3. The summed E-state index contributed by atoms with van der Waals surface area (Å²) in [7, 11) is 0. The molecule has 0 bridgehead atoms. The van der Waals surface area contributed by atoms with Crippen molar-refractivity contribution in [2.45, 2.75) is 25.6 Å². The van der Waals surface area contributed by atoms with E-state index in [9.17, 15) is 22.8 Å². The van der Waals surface area contributed by atoms with Crippen LogP contribution in [0.4, 0.5) is 28.6 Å². The first-order valence-electron chi connectivity index (χ1n) is 11.3. The molecule has 4 rings (SSSR count). The Labute approximate surface area is 210 Å². The van der Waals surface area contributed by atoms with Crippen LogP contribution in [0.1, 0.15) is 16.8 Å². The standard InChI is InChI=1S/C26H23F3N4O4/c27-26(28,29)21-13-7-14-22(30-21)33-23(31-24(34)36-17-19-9-3-1-4-10-19)15-8-16-32(33)25(35)37-18-20-11-5-2-6-12-20/h1-15,23H,16-18H2,(H,31,34). The van der Waals surface area contributed by atoms with Gasteiger partial charge < -0.3 is 9.47 Å². The molecule has 0 spiro atoms. The maximum absolute atomic E-state index is 13.4. The van der Waals surface area contributed by atoms with Gasteiger partial charge in [0, 0.05) is 0 Å². The number of hydrazine groups is 1. The fraction of sp³-hybridized carbons (Fsp3) is 0.192. The molecule has 1 N–H and O–H groups in total. The van der Waals surface area contributed by atoms with E-state index in [1.807, 2.05) is 12.1 Å². The second-order valence-electron chi connectivity index (χ2n) is 7.92. The number of nitrogens with zero attached hydrogens (tertiary/aromatic N) is 3. The highest BCUT2D eigenvalue weighted by molar-refractivity contribution is 5.73. The number of carbonyl (C=O) groups excluding carboxylic acids is 2. The average Bonchev–Trinajstić information content (AvgIpc) is 2.91. The maximum Gasteiger partial charge on any atom is 0.433 e. The highest BCUT2D eigenvalue weighted by Crippen LogP contribution is 2.30. The van der Waals surface area contributed by atoms with Gasteiger partial charge in [-0.05, 0) is 29.3 Å². The number of aromatic nitrogens is 1. The number of pyridine rings is 1. The lowest BCUT2D eigenvalue weighted by Crippen LogP contribution is -2.60. The molecule has 8 nitrogen and oxygen atoms in total. The smallest absolute Gasteiger partial charge is 0.433 e. The molecule has 11 heteroatoms. The van der Waals surface area contributed by atoms with E-state index >= 15 is 0 Å². The third kappa shape index (κ3) is 6.78. The summed E-state index contributed by atoms with van der Waals surface area (Å²) >= 11 is 0. The Bertz CT molecular complexity index is 1240. The Morgan fingerprint density at radius 3 is 2.14 bits per heavy atom. The molecular formula is C26H23F3N4O4. The summed E-state index contributed by atoms with van der Waals surface area (Å²) in [5.74, 6) is -0.218. The van der Waals surface area contributed by atoms with Crippen LogP contribution in [0.5, 0.6) is 0 Å². The number of benzene rings is 2. The SMILES string of the molecule is O=C(NC1C=CCN(C(=O)OCc2ccccc2)N1c1cccc(C(F)(F)F)n1)OCc1ccccc1. The van der Waals surface area contributed by atoms with E-state index < -0.39 is 30.2 Å². The Kier molecular flexibility index (Phi) is 7.92. The van der Waals surface area contributed by atoms with Crippen molar-refractivity contribution in [3.63, 3.8) is 0 Å². The number of nitrogens with one attached hydrogen (secondary N) is 1. The van der Waals surface area contributed by atoms with Crippen LogP contribution in [-0.4, -0.2) is 34.9 Å². The summed E-state index contributed by atoms with van der Waals surface area (Å²) in [4.78, 5) is 29.3. The molecule has 192 valence electrons. The molecule has 3 aromatic rings. The molecule has 0 aliphatic carbocycles. The second kappa shape index (κ2) is 11.5. The van der Waals surface area contributed by atoms with E-state index in [4.69, 9.17) is 9.47 Å². The first-order valence-corrected chi connectivity index (χ1v) is 11.3. The summed E-state index contributed by atoms with van der Waals surface area (Å²) < 4.78 is 50.8. The zero-order valence-electron chi connectivity index (χ0n) is 19.5. The van der Waals surface area contributed by atoms with Crippen LogP contribution in [0.15, 0.2) is 91.0 Å². The quantitative estimate of drug-likeness (QED) is 0.453. The first kappa shape index (κ1) is 25.5. The molecule has 1 atom stereocenters. The minimum absolute atomic E-state index is 0.0201. The normalized spacial score (nSPS) is 15.3. The van der Waals surface area contributed by atoms with Gasteiger partial charge in [-0.1, -0.05) is 72.8 Å². The summed E-state index contributed by atoms with van der Waals surface area (Å²) in [6.45, 7) is -0.0997. The fourth-order valence-electron chi connectivity index (χ4n) is 3.54. The predicted molar refractivity (Wildman–Crippen MR) is 128 cm³/mol. The van der Waals surface area contributed by atoms with E-state index in [1.165, 1.54) is 18.2 Å². The third-order valence-corrected chi connectivity index (χ3v) is 5.27. The topological polar surface area (TPSA) is 84.0 Å². The molecule has 1 aliphatic heterocycles. The Morgan fingerprint density at radius 2 is 1.51 bits per heavy atom. The van der Waals surface area contributed by atoms with Crippen LogP contribution in [0.2, 0.25) is 0 Å². The zero-order chi connectivity index (χ0) is 26.3. The number of alkyl carbamates (subject to hydrolysis) is 1. The van der Waals surface area contributed by atoms with Gasteiger partial charge in [0.15, 0.2) is 0 Å². The molecule has 0 radical (unpaired) electrons. The van der Waals surface area contributed by atoms with Gasteiger partial charge in [0.2, 0.25) is 0 Å². The Balaban J connectivity index is 1.55. The minimum atomic E-state index is -4.71. The van der Waals surface area contributed by atoms with Crippen LogP contribution in [0.3, 0.4) is 0 Å². The number of amides is 2. The van der Waals surface area contributed by atoms with Crippen molar-refractivity contribution in [1.82, 2.24) is 15.3 Å². The van der Waals surface area contributed by atoms with Gasteiger partial charge in [0.05, 0.1) is 6.54 Å². The van der Waals surface area contributed by atoms with E-state index in [0.29, 0.717) is 0 Å². The number of halogens is 3. The lowest BCUT2D eigenvalue weighted by molar-refractivity contribution is -0.141. The molecule has 37 heavy (non-hydrogen) atoms. The maximum atomic E-state index is 13.4. The number of ether oxygens (including phenoxy) is 2. The highest BCUT2D eigenvalue weighted by Gasteiger charge is 2.36. The van der Waals surface area contributed by atoms with E-state index in [2.05, 4.69) is 10.3 Å². The van der Waals surface area contributed by atoms with Gasteiger partial charge in [0.1, 0.15) is 30.9 Å². The zero-order valence-corrected chi connectivity index (χ0v) is 19.5. The Morgan fingerprint density at radius 1 is 0.892 bits per heavy atom. The van der Waals surface area contributed by atoms with Gasteiger partial charge in [0.25, 0.3) is 0 Å². The molecule has 1 unspecified atom stereocenters. The van der Waals surface area contributed by atoms with Crippen LogP contribution in [0.25, 0.3) is 0 Å². The molecule has 2 heterocycles. The summed E-state index contributed by atoms with van der Waals surface area (Å²) in [5.41, 5.74) is 0.327. The van der Waals surface area contributed by atoms with Gasteiger partial charge >= 0.3 is 18.4 Å². The van der Waals surface area contributed by atoms with Crippen molar-refractivity contribution in [3.8, 4) is 0 Å². The molecule has 2 amide bonds. The van der Waals surface area contributed by atoms with Crippen molar-refractivity contribution in [3.05, 3.63) is 108 Å². The van der Waals surface area contributed by atoms with Gasteiger partial charge in [-0.2, -0.15) is 13.2 Å². The van der Waals surface area contributed by atoms with Crippen molar-refractivity contribution in [2.75, 3.05) is 11.6 Å². The lowest BCUT2D eigenvalue weighted by Gasteiger charge is -2.41. The lowest BCUT2D eigenvalue weighted by atomic mass is 10.2. The van der Waals surface area contributed by atoms with Crippen molar-refractivity contribution >= 4 is 18.0 Å². The molecule has 0 saturated carbocycles. The number of anilines is 1. The Hall–Kier alpha value is -4.54. The number of carbonyl (C=O) groups is 2. The molecule has 0 fully saturated rings. The predicted octanol–water partition coefficient (Wildman–Crippen LogP) is 5.28. The fourth-order valence-corrected chi connectivity index (χ4v) is 3.54. The van der Waals surface area contributed by atoms with Gasteiger partial charge in [-0.15, -0.1) is 0 Å². The van der Waals surface area contributed by atoms with Gasteiger partial charge in [-0.25, -0.2) is 24.6 Å². The summed E-state index contributed by atoms with van der Waals surface area (Å²) in [6.07, 6.45) is -4.37. The van der Waals surface area contributed by atoms with Crippen molar-refractivity contribution in [2.24, 2.45) is 0 Å². The minimum Gasteiger partial charge on any atom is -0.445 e.